The Hall–Kier alpha value is -4.40. The van der Waals surface area contributed by atoms with E-state index in [1.165, 1.54) is 54.9 Å². The molecule has 2 heteroatoms. The highest BCUT2D eigenvalue weighted by Gasteiger charge is 2.55. The van der Waals surface area contributed by atoms with Crippen molar-refractivity contribution in [2.75, 3.05) is 0 Å². The van der Waals surface area contributed by atoms with Crippen LogP contribution >= 0.6 is 0 Å². The number of allylic oxidation sites excluding steroid dienone is 5. The molecule has 2 unspecified atom stereocenters. The van der Waals surface area contributed by atoms with Crippen LogP contribution in [0, 0.1) is 12.3 Å². The van der Waals surface area contributed by atoms with E-state index in [9.17, 15) is 0 Å². The third-order valence-corrected chi connectivity index (χ3v) is 16.4. The second kappa shape index (κ2) is 11.9. The molecule has 0 saturated heterocycles. The third-order valence-electron chi connectivity index (χ3n) is 10.7. The van der Waals surface area contributed by atoms with Crippen LogP contribution < -0.4 is 10.4 Å². The number of aryl methyl sites for hydroxylation is 1. The first-order valence-electron chi connectivity index (χ1n) is 17.4. The van der Waals surface area contributed by atoms with E-state index in [0.717, 1.165) is 11.5 Å². The normalized spacial score (nSPS) is 18.0. The fourth-order valence-electron chi connectivity index (χ4n) is 8.22. The molecule has 0 bridgehead atoms. The molecule has 0 saturated carbocycles. The summed E-state index contributed by atoms with van der Waals surface area (Å²) in [5.74, 6) is 1.92. The van der Waals surface area contributed by atoms with E-state index in [-0.39, 0.29) is 21.9 Å². The van der Waals surface area contributed by atoms with Crippen molar-refractivity contribution in [2.24, 2.45) is 5.41 Å². The quantitative estimate of drug-likeness (QED) is 0.168. The van der Waals surface area contributed by atoms with E-state index in [1.54, 1.807) is 0 Å². The molecule has 0 spiro atoms. The summed E-state index contributed by atoms with van der Waals surface area (Å²) < 4.78 is 6.58. The number of hydrogen-bond donors (Lipinski definition) is 0. The molecule has 2 atom stereocenters. The smallest absolute Gasteiger partial charge is 0.140 e. The van der Waals surface area contributed by atoms with Gasteiger partial charge in [-0.1, -0.05) is 173 Å². The first kappa shape index (κ1) is 32.2. The first-order chi connectivity index (χ1) is 22.9. The predicted octanol–water partition coefficient (Wildman–Crippen LogP) is 11.3. The molecule has 48 heavy (non-hydrogen) atoms. The first-order valence-corrected chi connectivity index (χ1v) is 19.6. The second-order valence-corrected chi connectivity index (χ2v) is 20.0. The lowest BCUT2D eigenvalue weighted by Gasteiger charge is -2.44. The Morgan fingerprint density at radius 3 is 1.75 bits per heavy atom. The van der Waals surface area contributed by atoms with Gasteiger partial charge in [-0.3, -0.25) is 0 Å². The molecule has 0 fully saturated rings. The van der Waals surface area contributed by atoms with E-state index < -0.39 is 8.07 Å². The standard InChI is InChI=1S/C46H48OSi/c1-31-28-35(46(6,7)8)29-43(31)48(36-16-11-9-12-17-36,37-18-13-10-14-19-37)44-39-21-15-20-38(33-23-25-34(26-24-33)45(3,4)5)40(39)30-41(44)42-27-22-32(2)47-42/h9-30,43-44H,1-8H3. The Morgan fingerprint density at radius 1 is 0.604 bits per heavy atom. The van der Waals surface area contributed by atoms with Gasteiger partial charge in [-0.05, 0) is 76.3 Å². The molecule has 242 valence electrons. The van der Waals surface area contributed by atoms with E-state index in [1.807, 2.05) is 0 Å². The zero-order valence-corrected chi connectivity index (χ0v) is 30.8. The Bertz CT molecular complexity index is 2000. The maximum atomic E-state index is 6.58. The highest BCUT2D eigenvalue weighted by Crippen LogP contribution is 2.55. The minimum absolute atomic E-state index is 0.0558. The molecule has 1 aromatic heterocycles. The topological polar surface area (TPSA) is 13.1 Å². The minimum Gasteiger partial charge on any atom is -0.462 e. The summed E-state index contributed by atoms with van der Waals surface area (Å²) in [7, 11) is -2.78. The number of furan rings is 1. The summed E-state index contributed by atoms with van der Waals surface area (Å²) in [4.78, 5) is 0. The van der Waals surface area contributed by atoms with E-state index in [2.05, 4.69) is 189 Å². The zero-order chi connectivity index (χ0) is 33.8. The van der Waals surface area contributed by atoms with Crippen LogP contribution in [0.2, 0.25) is 5.54 Å². The Kier molecular flexibility index (Phi) is 7.99. The fraction of sp³-hybridized carbons (Fsp3) is 0.261. The number of fused-ring (bicyclic) bond motifs is 1. The Labute approximate surface area is 288 Å². The lowest BCUT2D eigenvalue weighted by atomic mass is 9.86. The maximum absolute atomic E-state index is 6.58. The van der Waals surface area contributed by atoms with Gasteiger partial charge in [-0.25, -0.2) is 0 Å². The van der Waals surface area contributed by atoms with Crippen molar-refractivity contribution in [1.82, 2.24) is 0 Å². The van der Waals surface area contributed by atoms with Gasteiger partial charge < -0.3 is 4.42 Å². The van der Waals surface area contributed by atoms with Gasteiger partial charge in [-0.2, -0.15) is 0 Å². The van der Waals surface area contributed by atoms with Crippen LogP contribution in [0.4, 0.5) is 0 Å². The van der Waals surface area contributed by atoms with Gasteiger partial charge in [0.15, 0.2) is 0 Å². The fourth-order valence-corrected chi connectivity index (χ4v) is 14.5. The van der Waals surface area contributed by atoms with Gasteiger partial charge in [0.1, 0.15) is 19.6 Å². The summed E-state index contributed by atoms with van der Waals surface area (Å²) in [5.41, 5.74) is 11.3. The lowest BCUT2D eigenvalue weighted by molar-refractivity contribution is 0.517. The average Bonchev–Trinajstić information content (AvgIpc) is 3.79. The van der Waals surface area contributed by atoms with Gasteiger partial charge in [0.25, 0.3) is 0 Å². The molecule has 0 aliphatic heterocycles. The SMILES string of the molecule is CC1=CC(C(C)(C)C)=CC1[Si](c1ccccc1)(c1ccccc1)C1C(c2ccc(C)o2)=Cc2c(-c3ccc(C(C)(C)C)cc3)cccc21. The van der Waals surface area contributed by atoms with Gasteiger partial charge in [0.05, 0.1) is 0 Å². The summed E-state index contributed by atoms with van der Waals surface area (Å²) in [6, 6.07) is 43.5. The molecule has 2 aliphatic carbocycles. The van der Waals surface area contributed by atoms with E-state index in [4.69, 9.17) is 4.42 Å². The molecule has 4 aromatic carbocycles. The van der Waals surface area contributed by atoms with Gasteiger partial charge in [-0.15, -0.1) is 0 Å². The van der Waals surface area contributed by atoms with Gasteiger partial charge >= 0.3 is 0 Å². The van der Waals surface area contributed by atoms with Gasteiger partial charge in [0.2, 0.25) is 0 Å². The third kappa shape index (κ3) is 5.41. The molecule has 1 heterocycles. The average molecular weight is 645 g/mol. The van der Waals surface area contributed by atoms with Crippen molar-refractivity contribution in [3.63, 3.8) is 0 Å². The van der Waals surface area contributed by atoms with E-state index >= 15 is 0 Å². The van der Waals surface area contributed by atoms with Crippen molar-refractivity contribution in [2.45, 2.75) is 71.9 Å². The summed E-state index contributed by atoms with van der Waals surface area (Å²) in [5, 5.41) is 2.90. The number of rotatable bonds is 6. The minimum atomic E-state index is -2.78. The Morgan fingerprint density at radius 2 is 1.23 bits per heavy atom. The largest absolute Gasteiger partial charge is 0.462 e. The van der Waals surface area contributed by atoms with Crippen LogP contribution in [0.3, 0.4) is 0 Å². The highest BCUT2D eigenvalue weighted by atomic mass is 28.3. The predicted molar refractivity (Wildman–Crippen MR) is 208 cm³/mol. The molecule has 7 rings (SSSR count). The van der Waals surface area contributed by atoms with Crippen molar-refractivity contribution in [1.29, 1.82) is 0 Å². The molecule has 2 aliphatic rings. The lowest BCUT2D eigenvalue weighted by Crippen LogP contribution is -2.65. The molecule has 0 radical (unpaired) electrons. The van der Waals surface area contributed by atoms with Crippen molar-refractivity contribution in [3.05, 3.63) is 167 Å². The number of hydrogen-bond acceptors (Lipinski definition) is 1. The van der Waals surface area contributed by atoms with E-state index in [0.29, 0.717) is 0 Å². The van der Waals surface area contributed by atoms with Crippen molar-refractivity contribution < 1.29 is 4.42 Å². The van der Waals surface area contributed by atoms with Crippen molar-refractivity contribution >= 4 is 30.1 Å². The van der Waals surface area contributed by atoms with Gasteiger partial charge in [0, 0.05) is 16.7 Å². The van der Waals surface area contributed by atoms with Crippen LogP contribution in [-0.4, -0.2) is 8.07 Å². The molecule has 1 nitrogen and oxygen atoms in total. The summed E-state index contributed by atoms with van der Waals surface area (Å²) in [6.07, 6.45) is 7.60. The molecule has 0 amide bonds. The highest BCUT2D eigenvalue weighted by molar-refractivity contribution is 7.06. The van der Waals surface area contributed by atoms with Crippen LogP contribution in [0.15, 0.2) is 143 Å². The molecule has 0 N–H and O–H groups in total. The van der Waals surface area contributed by atoms with Crippen molar-refractivity contribution in [3.8, 4) is 11.1 Å². The monoisotopic (exact) mass is 644 g/mol. The van der Waals surface area contributed by atoms with Crippen LogP contribution in [0.25, 0.3) is 22.8 Å². The van der Waals surface area contributed by atoms with Crippen LogP contribution in [0.5, 0.6) is 0 Å². The summed E-state index contributed by atoms with van der Waals surface area (Å²) in [6.45, 7) is 18.3. The number of benzene rings is 4. The molecule has 5 aromatic rings. The second-order valence-electron chi connectivity index (χ2n) is 15.9. The van der Waals surface area contributed by atoms with Crippen LogP contribution in [-0.2, 0) is 5.41 Å². The van der Waals surface area contributed by atoms with Crippen LogP contribution in [0.1, 0.15) is 82.2 Å². The summed E-state index contributed by atoms with van der Waals surface area (Å²) >= 11 is 0. The molecular formula is C46H48OSi. The Balaban J connectivity index is 1.56. The zero-order valence-electron chi connectivity index (χ0n) is 29.8. The molecular weight excluding hydrogens is 597 g/mol. The maximum Gasteiger partial charge on any atom is 0.140 e.